The third kappa shape index (κ3) is 2.95. The van der Waals surface area contributed by atoms with Crippen LogP contribution >= 0.6 is 0 Å². The van der Waals surface area contributed by atoms with Crippen LogP contribution in [0.15, 0.2) is 0 Å². The molecule has 0 aromatic carbocycles. The molecular formula is C15H29N3O. The highest BCUT2D eigenvalue weighted by Gasteiger charge is 2.49. The van der Waals surface area contributed by atoms with Gasteiger partial charge in [-0.15, -0.1) is 0 Å². The van der Waals surface area contributed by atoms with E-state index in [4.69, 9.17) is 0 Å². The largest absolute Gasteiger partial charge is 0.324 e. The van der Waals surface area contributed by atoms with Crippen LogP contribution in [0.5, 0.6) is 0 Å². The molecule has 1 saturated heterocycles. The van der Waals surface area contributed by atoms with Crippen LogP contribution in [0.1, 0.15) is 46.0 Å². The first-order chi connectivity index (χ1) is 8.98. The maximum absolute atomic E-state index is 12.7. The van der Waals surface area contributed by atoms with Crippen LogP contribution in [0.25, 0.3) is 0 Å². The molecular weight excluding hydrogens is 238 g/mol. The summed E-state index contributed by atoms with van der Waals surface area (Å²) in [4.78, 5) is 16.9. The summed E-state index contributed by atoms with van der Waals surface area (Å²) < 4.78 is 0. The molecule has 1 aliphatic carbocycles. The first-order valence-corrected chi connectivity index (χ1v) is 7.71. The van der Waals surface area contributed by atoms with Crippen LogP contribution < -0.4 is 5.32 Å². The average Bonchev–Trinajstić information content (AvgIpc) is 2.96. The Balaban J connectivity index is 2.11. The lowest BCUT2D eigenvalue weighted by atomic mass is 9.99. The Labute approximate surface area is 117 Å². The van der Waals surface area contributed by atoms with Crippen LogP contribution in [0.2, 0.25) is 0 Å². The molecule has 2 unspecified atom stereocenters. The second-order valence-corrected chi connectivity index (χ2v) is 6.62. The number of hydrogen-bond acceptors (Lipinski definition) is 3. The quantitative estimate of drug-likeness (QED) is 0.823. The van der Waals surface area contributed by atoms with Crippen molar-refractivity contribution in [1.82, 2.24) is 15.1 Å². The SMILES string of the molecule is CCC1(C)NC(C2CCCC2)N(CCN(C)C)C1=O. The van der Waals surface area contributed by atoms with Crippen molar-refractivity contribution in [3.05, 3.63) is 0 Å². The van der Waals surface area contributed by atoms with Crippen molar-refractivity contribution < 1.29 is 4.79 Å². The molecule has 2 fully saturated rings. The third-order valence-electron chi connectivity index (χ3n) is 4.88. The molecule has 2 aliphatic rings. The van der Waals surface area contributed by atoms with Gasteiger partial charge in [-0.05, 0) is 46.2 Å². The second-order valence-electron chi connectivity index (χ2n) is 6.62. The maximum Gasteiger partial charge on any atom is 0.243 e. The molecule has 1 heterocycles. The van der Waals surface area contributed by atoms with E-state index in [2.05, 4.69) is 43.1 Å². The molecule has 4 heteroatoms. The van der Waals surface area contributed by atoms with Crippen LogP contribution in [0.4, 0.5) is 0 Å². The molecule has 19 heavy (non-hydrogen) atoms. The molecule has 110 valence electrons. The Morgan fingerprint density at radius 1 is 1.37 bits per heavy atom. The van der Waals surface area contributed by atoms with E-state index in [1.165, 1.54) is 25.7 Å². The molecule has 4 nitrogen and oxygen atoms in total. The van der Waals surface area contributed by atoms with E-state index in [1.54, 1.807) is 0 Å². The Kier molecular flexibility index (Phi) is 4.51. The van der Waals surface area contributed by atoms with Gasteiger partial charge in [-0.3, -0.25) is 10.1 Å². The Hall–Kier alpha value is -0.610. The summed E-state index contributed by atoms with van der Waals surface area (Å²) in [6.07, 6.45) is 6.31. The average molecular weight is 267 g/mol. The molecule has 2 atom stereocenters. The summed E-state index contributed by atoms with van der Waals surface area (Å²) in [6.45, 7) is 5.95. The van der Waals surface area contributed by atoms with Crippen LogP contribution in [0, 0.1) is 5.92 Å². The number of amides is 1. The predicted molar refractivity (Wildman–Crippen MR) is 77.8 cm³/mol. The minimum atomic E-state index is -0.348. The summed E-state index contributed by atoms with van der Waals surface area (Å²) in [6, 6.07) is 0. The Morgan fingerprint density at radius 2 is 2.00 bits per heavy atom. The summed E-state index contributed by atoms with van der Waals surface area (Å²) in [5, 5.41) is 3.64. The standard InChI is InChI=1S/C15H29N3O/c1-5-15(2)14(19)18(11-10-17(3)4)13(16-15)12-8-6-7-9-12/h12-13,16H,5-11H2,1-4H3. The highest BCUT2D eigenvalue weighted by atomic mass is 16.2. The van der Waals surface area contributed by atoms with Gasteiger partial charge in [0.1, 0.15) is 0 Å². The van der Waals surface area contributed by atoms with E-state index in [0.717, 1.165) is 19.5 Å². The van der Waals surface area contributed by atoms with Crippen molar-refractivity contribution in [3.8, 4) is 0 Å². The zero-order valence-corrected chi connectivity index (χ0v) is 12.9. The van der Waals surface area contributed by atoms with Gasteiger partial charge in [0.2, 0.25) is 5.91 Å². The summed E-state index contributed by atoms with van der Waals surface area (Å²) >= 11 is 0. The smallest absolute Gasteiger partial charge is 0.243 e. The molecule has 1 N–H and O–H groups in total. The maximum atomic E-state index is 12.7. The van der Waals surface area contributed by atoms with Crippen LogP contribution in [-0.2, 0) is 4.79 Å². The number of nitrogens with one attached hydrogen (secondary N) is 1. The lowest BCUT2D eigenvalue weighted by Crippen LogP contribution is -2.46. The van der Waals surface area contributed by atoms with Crippen molar-refractivity contribution in [3.63, 3.8) is 0 Å². The van der Waals surface area contributed by atoms with Gasteiger partial charge in [0.05, 0.1) is 11.7 Å². The van der Waals surface area contributed by atoms with Crippen molar-refractivity contribution in [2.45, 2.75) is 57.7 Å². The van der Waals surface area contributed by atoms with E-state index in [0.29, 0.717) is 11.8 Å². The first kappa shape index (κ1) is 14.8. The van der Waals surface area contributed by atoms with E-state index >= 15 is 0 Å². The Morgan fingerprint density at radius 3 is 2.53 bits per heavy atom. The fourth-order valence-corrected chi connectivity index (χ4v) is 3.36. The molecule has 2 rings (SSSR count). The number of carbonyl (C=O) groups excluding carboxylic acids is 1. The van der Waals surface area contributed by atoms with E-state index in [1.807, 2.05) is 0 Å². The van der Waals surface area contributed by atoms with Gasteiger partial charge < -0.3 is 9.80 Å². The van der Waals surface area contributed by atoms with E-state index < -0.39 is 0 Å². The van der Waals surface area contributed by atoms with Crippen LogP contribution in [0.3, 0.4) is 0 Å². The van der Waals surface area contributed by atoms with Crippen molar-refractivity contribution in [1.29, 1.82) is 0 Å². The van der Waals surface area contributed by atoms with Crippen molar-refractivity contribution >= 4 is 5.91 Å². The normalized spacial score (nSPS) is 32.8. The number of carbonyl (C=O) groups is 1. The minimum absolute atomic E-state index is 0.264. The monoisotopic (exact) mass is 267 g/mol. The summed E-state index contributed by atoms with van der Waals surface area (Å²) in [5.74, 6) is 0.952. The predicted octanol–water partition coefficient (Wildman–Crippen LogP) is 1.66. The molecule has 0 bridgehead atoms. The summed E-state index contributed by atoms with van der Waals surface area (Å²) in [5.41, 5.74) is -0.348. The van der Waals surface area contributed by atoms with Crippen LogP contribution in [-0.4, -0.2) is 54.6 Å². The molecule has 0 aromatic rings. The molecule has 0 radical (unpaired) electrons. The number of rotatable bonds is 5. The van der Waals surface area contributed by atoms with Crippen molar-refractivity contribution in [2.75, 3.05) is 27.2 Å². The zero-order chi connectivity index (χ0) is 14.0. The molecule has 1 amide bonds. The minimum Gasteiger partial charge on any atom is -0.324 e. The molecule has 0 spiro atoms. The number of likely N-dealkylation sites (N-methyl/N-ethyl adjacent to an activating group) is 1. The fraction of sp³-hybridized carbons (Fsp3) is 0.933. The lowest BCUT2D eigenvalue weighted by Gasteiger charge is -2.29. The second kappa shape index (κ2) is 5.80. The van der Waals surface area contributed by atoms with Gasteiger partial charge in [0, 0.05) is 13.1 Å². The van der Waals surface area contributed by atoms with Gasteiger partial charge in [-0.1, -0.05) is 19.8 Å². The first-order valence-electron chi connectivity index (χ1n) is 7.71. The summed E-state index contributed by atoms with van der Waals surface area (Å²) in [7, 11) is 4.13. The van der Waals surface area contributed by atoms with Gasteiger partial charge in [0.15, 0.2) is 0 Å². The van der Waals surface area contributed by atoms with Gasteiger partial charge in [-0.2, -0.15) is 0 Å². The van der Waals surface area contributed by atoms with Gasteiger partial charge in [0.25, 0.3) is 0 Å². The molecule has 1 aliphatic heterocycles. The lowest BCUT2D eigenvalue weighted by molar-refractivity contribution is -0.133. The third-order valence-corrected chi connectivity index (χ3v) is 4.88. The molecule has 1 saturated carbocycles. The highest BCUT2D eigenvalue weighted by Crippen LogP contribution is 2.35. The van der Waals surface area contributed by atoms with Gasteiger partial charge in [-0.25, -0.2) is 0 Å². The molecule has 0 aromatic heterocycles. The fourth-order valence-electron chi connectivity index (χ4n) is 3.36. The van der Waals surface area contributed by atoms with E-state index in [-0.39, 0.29) is 11.7 Å². The topological polar surface area (TPSA) is 35.6 Å². The van der Waals surface area contributed by atoms with Gasteiger partial charge >= 0.3 is 0 Å². The van der Waals surface area contributed by atoms with E-state index in [9.17, 15) is 4.79 Å². The Bertz CT molecular complexity index is 325. The van der Waals surface area contributed by atoms with Crippen molar-refractivity contribution in [2.24, 2.45) is 5.92 Å². The zero-order valence-electron chi connectivity index (χ0n) is 12.9. The highest BCUT2D eigenvalue weighted by molar-refractivity contribution is 5.88. The number of hydrogen-bond donors (Lipinski definition) is 1. The number of nitrogens with zero attached hydrogens (tertiary/aromatic N) is 2.